The number of ether oxygens (including phenoxy) is 2. The predicted molar refractivity (Wildman–Crippen MR) is 87.5 cm³/mol. The summed E-state index contributed by atoms with van der Waals surface area (Å²) in [6, 6.07) is -0.205. The third-order valence-electron chi connectivity index (χ3n) is 4.13. The van der Waals surface area contributed by atoms with Gasteiger partial charge >= 0.3 is 0 Å². The Kier molecular flexibility index (Phi) is 3.93. The van der Waals surface area contributed by atoms with Gasteiger partial charge in [0, 0.05) is 19.4 Å². The van der Waals surface area contributed by atoms with E-state index < -0.39 is 26.0 Å². The van der Waals surface area contributed by atoms with Gasteiger partial charge in [0.1, 0.15) is 23.3 Å². The molecule has 0 unspecified atom stereocenters. The van der Waals surface area contributed by atoms with Crippen molar-refractivity contribution in [2.75, 3.05) is 37.5 Å². The van der Waals surface area contributed by atoms with Crippen LogP contribution in [0.15, 0.2) is 5.16 Å². The van der Waals surface area contributed by atoms with Crippen LogP contribution in [0.4, 0.5) is 10.2 Å². The van der Waals surface area contributed by atoms with E-state index in [2.05, 4.69) is 15.0 Å². The SMILES string of the molecule is CS(=O)(=O)c1nc2c3c(nc(Cl)c(F)c3n1)OC[C@@H]1COCCCN21. The number of hydrogen-bond donors (Lipinski definition) is 0. The lowest BCUT2D eigenvalue weighted by Gasteiger charge is -2.28. The fourth-order valence-corrected chi connectivity index (χ4v) is 3.65. The summed E-state index contributed by atoms with van der Waals surface area (Å²) < 4.78 is 49.8. The van der Waals surface area contributed by atoms with Crippen molar-refractivity contribution in [1.29, 1.82) is 0 Å². The topological polar surface area (TPSA) is 94.5 Å². The first-order valence-corrected chi connectivity index (χ1v) is 9.87. The maximum absolute atomic E-state index is 14.5. The van der Waals surface area contributed by atoms with Crippen LogP contribution in [0.2, 0.25) is 5.15 Å². The van der Waals surface area contributed by atoms with Gasteiger partial charge in [-0.25, -0.2) is 22.8 Å². The summed E-state index contributed by atoms with van der Waals surface area (Å²) in [5.41, 5.74) is -0.216. The van der Waals surface area contributed by atoms with Crippen molar-refractivity contribution in [2.24, 2.45) is 0 Å². The van der Waals surface area contributed by atoms with Crippen molar-refractivity contribution in [2.45, 2.75) is 17.6 Å². The first-order valence-electron chi connectivity index (χ1n) is 7.60. The molecule has 0 amide bonds. The van der Waals surface area contributed by atoms with Crippen LogP contribution in [0.5, 0.6) is 5.88 Å². The molecular formula is C14H14ClFN4O4S. The number of nitrogens with zero attached hydrogens (tertiary/aromatic N) is 4. The van der Waals surface area contributed by atoms with Crippen molar-refractivity contribution in [3.63, 3.8) is 0 Å². The standard InChI is InChI=1S/C14H14ClFN4O4S/c1-25(21,22)14-17-10-8-12(19-14)20-3-2-4-23-5-7(20)6-24-13(8)18-11(15)9(10)16/h7H,2-6H2,1H3/t7-/m0/s1. The normalized spacial score (nSPS) is 20.6. The number of aromatic nitrogens is 3. The maximum atomic E-state index is 14.5. The van der Waals surface area contributed by atoms with Gasteiger partial charge in [-0.05, 0) is 6.42 Å². The molecule has 2 aliphatic rings. The Balaban J connectivity index is 2.08. The van der Waals surface area contributed by atoms with Gasteiger partial charge in [-0.3, -0.25) is 0 Å². The largest absolute Gasteiger partial charge is 0.475 e. The summed E-state index contributed by atoms with van der Waals surface area (Å²) in [5.74, 6) is -0.539. The molecule has 1 saturated heterocycles. The minimum Gasteiger partial charge on any atom is -0.475 e. The minimum atomic E-state index is -3.76. The molecule has 2 aromatic heterocycles. The fourth-order valence-electron chi connectivity index (χ4n) is 2.98. The molecule has 0 saturated carbocycles. The summed E-state index contributed by atoms with van der Waals surface area (Å²) in [7, 11) is -3.76. The molecule has 0 spiro atoms. The van der Waals surface area contributed by atoms with Crippen LogP contribution in [-0.2, 0) is 14.6 Å². The number of fused-ring (bicyclic) bond motifs is 2. The van der Waals surface area contributed by atoms with E-state index in [1.807, 2.05) is 4.90 Å². The molecule has 0 bridgehead atoms. The summed E-state index contributed by atoms with van der Waals surface area (Å²) in [6.45, 7) is 1.74. The van der Waals surface area contributed by atoms with Crippen LogP contribution in [0, 0.1) is 5.82 Å². The number of rotatable bonds is 1. The van der Waals surface area contributed by atoms with Crippen LogP contribution in [0.1, 0.15) is 6.42 Å². The lowest BCUT2D eigenvalue weighted by atomic mass is 10.2. The number of sulfone groups is 1. The van der Waals surface area contributed by atoms with Crippen LogP contribution in [0.25, 0.3) is 10.9 Å². The van der Waals surface area contributed by atoms with E-state index in [-0.39, 0.29) is 35.2 Å². The number of halogens is 2. The van der Waals surface area contributed by atoms with Crippen LogP contribution >= 0.6 is 11.6 Å². The van der Waals surface area contributed by atoms with Crippen LogP contribution in [0.3, 0.4) is 0 Å². The average Bonchev–Trinajstić information content (AvgIpc) is 2.86. The van der Waals surface area contributed by atoms with E-state index in [4.69, 9.17) is 21.1 Å². The van der Waals surface area contributed by atoms with Gasteiger partial charge in [-0.2, -0.15) is 4.98 Å². The van der Waals surface area contributed by atoms with E-state index >= 15 is 0 Å². The monoisotopic (exact) mass is 388 g/mol. The second kappa shape index (κ2) is 5.89. The second-order valence-corrected chi connectivity index (χ2v) is 8.20. The van der Waals surface area contributed by atoms with Crippen molar-refractivity contribution < 1.29 is 22.3 Å². The van der Waals surface area contributed by atoms with Gasteiger partial charge in [0.2, 0.25) is 20.9 Å². The molecule has 0 radical (unpaired) electrons. The van der Waals surface area contributed by atoms with Gasteiger partial charge in [0.05, 0.1) is 12.6 Å². The molecular weight excluding hydrogens is 375 g/mol. The van der Waals surface area contributed by atoms with Crippen molar-refractivity contribution in [1.82, 2.24) is 15.0 Å². The zero-order chi connectivity index (χ0) is 17.8. The van der Waals surface area contributed by atoms with Gasteiger partial charge in [0.25, 0.3) is 0 Å². The van der Waals surface area contributed by atoms with Crippen molar-refractivity contribution in [3.8, 4) is 5.88 Å². The quantitative estimate of drug-likeness (QED) is 0.531. The lowest BCUT2D eigenvalue weighted by molar-refractivity contribution is 0.119. The zero-order valence-electron chi connectivity index (χ0n) is 13.2. The number of anilines is 1. The molecule has 0 aliphatic carbocycles. The summed E-state index contributed by atoms with van der Waals surface area (Å²) >= 11 is 5.83. The lowest BCUT2D eigenvalue weighted by Crippen LogP contribution is -2.41. The minimum absolute atomic E-state index is 0.0875. The molecule has 25 heavy (non-hydrogen) atoms. The Bertz CT molecular complexity index is 971. The fraction of sp³-hybridized carbons (Fsp3) is 0.500. The van der Waals surface area contributed by atoms with Crippen LogP contribution < -0.4 is 9.64 Å². The first-order chi connectivity index (χ1) is 11.9. The molecule has 0 aromatic carbocycles. The molecule has 1 atom stereocenters. The highest BCUT2D eigenvalue weighted by Crippen LogP contribution is 2.38. The van der Waals surface area contributed by atoms with Gasteiger partial charge in [-0.1, -0.05) is 11.6 Å². The van der Waals surface area contributed by atoms with E-state index in [0.29, 0.717) is 19.8 Å². The maximum Gasteiger partial charge on any atom is 0.249 e. The smallest absolute Gasteiger partial charge is 0.249 e. The third kappa shape index (κ3) is 2.77. The van der Waals surface area contributed by atoms with Gasteiger partial charge in [-0.15, -0.1) is 0 Å². The summed E-state index contributed by atoms with van der Waals surface area (Å²) in [4.78, 5) is 13.9. The van der Waals surface area contributed by atoms with Crippen LogP contribution in [-0.4, -0.2) is 62.0 Å². The van der Waals surface area contributed by atoms with Crippen molar-refractivity contribution in [3.05, 3.63) is 11.0 Å². The average molecular weight is 389 g/mol. The predicted octanol–water partition coefficient (Wildman–Crippen LogP) is 1.21. The highest BCUT2D eigenvalue weighted by Gasteiger charge is 2.33. The Morgan fingerprint density at radius 1 is 1.28 bits per heavy atom. The molecule has 134 valence electrons. The number of pyridine rings is 1. The molecule has 0 N–H and O–H groups in total. The third-order valence-corrected chi connectivity index (χ3v) is 5.22. The van der Waals surface area contributed by atoms with Gasteiger partial charge < -0.3 is 14.4 Å². The molecule has 2 aliphatic heterocycles. The molecule has 2 aromatic rings. The first kappa shape index (κ1) is 16.7. The molecule has 8 nitrogen and oxygen atoms in total. The van der Waals surface area contributed by atoms with Gasteiger partial charge in [0.15, 0.2) is 11.0 Å². The molecule has 4 heterocycles. The van der Waals surface area contributed by atoms with E-state index in [0.717, 1.165) is 12.7 Å². The number of hydrogen-bond acceptors (Lipinski definition) is 8. The molecule has 11 heteroatoms. The Labute approximate surface area is 147 Å². The Morgan fingerprint density at radius 3 is 2.84 bits per heavy atom. The zero-order valence-corrected chi connectivity index (χ0v) is 14.8. The Morgan fingerprint density at radius 2 is 2.08 bits per heavy atom. The molecule has 4 rings (SSSR count). The summed E-state index contributed by atoms with van der Waals surface area (Å²) in [5, 5.41) is -0.674. The second-order valence-electron chi connectivity index (χ2n) is 5.93. The van der Waals surface area contributed by atoms with E-state index in [1.165, 1.54) is 0 Å². The highest BCUT2D eigenvalue weighted by atomic mass is 35.5. The van der Waals surface area contributed by atoms with E-state index in [1.54, 1.807) is 0 Å². The van der Waals surface area contributed by atoms with Crippen molar-refractivity contribution >= 4 is 38.2 Å². The molecule has 1 fully saturated rings. The summed E-state index contributed by atoms with van der Waals surface area (Å²) in [6.07, 6.45) is 1.69. The highest BCUT2D eigenvalue weighted by molar-refractivity contribution is 7.90. The van der Waals surface area contributed by atoms with E-state index in [9.17, 15) is 12.8 Å². The Hall–Kier alpha value is -1.78.